The molecule has 0 radical (unpaired) electrons. The highest BCUT2D eigenvalue weighted by molar-refractivity contribution is 6.67. The molecule has 0 fully saturated rings. The van der Waals surface area contributed by atoms with Gasteiger partial charge in [0.2, 0.25) is 0 Å². The summed E-state index contributed by atoms with van der Waals surface area (Å²) in [6, 6.07) is 9.73. The Morgan fingerprint density at radius 3 is 2.47 bits per heavy atom. The van der Waals surface area contributed by atoms with Gasteiger partial charge in [0.05, 0.1) is 5.69 Å². The second kappa shape index (κ2) is 4.72. The molecule has 1 aromatic heterocycles. The van der Waals surface area contributed by atoms with Crippen molar-refractivity contribution in [1.29, 1.82) is 0 Å². The molecule has 3 nitrogen and oxygen atoms in total. The number of aromatic nitrogens is 2. The highest BCUT2D eigenvalue weighted by atomic mass is 35.5. The van der Waals surface area contributed by atoms with E-state index in [-0.39, 0.29) is 0 Å². The molecule has 0 aliphatic rings. The van der Waals surface area contributed by atoms with Crippen LogP contribution in [0.1, 0.15) is 23.0 Å². The molecule has 0 unspecified atom stereocenters. The quantitative estimate of drug-likeness (QED) is 0.782. The third kappa shape index (κ3) is 2.39. The number of hydrogen-bond donors (Lipinski definition) is 0. The van der Waals surface area contributed by atoms with Crippen molar-refractivity contribution in [3.8, 4) is 11.3 Å². The van der Waals surface area contributed by atoms with Crippen molar-refractivity contribution < 1.29 is 4.79 Å². The first-order valence-corrected chi connectivity index (χ1v) is 5.84. The van der Waals surface area contributed by atoms with E-state index in [1.165, 1.54) is 5.56 Å². The number of hydrogen-bond acceptors (Lipinski definition) is 2. The Labute approximate surface area is 105 Å². The van der Waals surface area contributed by atoms with Gasteiger partial charge in [-0.25, -0.2) is 0 Å². The fraction of sp³-hybridized carbons (Fsp3) is 0.231. The maximum atomic E-state index is 11.2. The number of halogens is 1. The van der Waals surface area contributed by atoms with E-state index in [0.29, 0.717) is 12.2 Å². The van der Waals surface area contributed by atoms with Crippen LogP contribution in [0.15, 0.2) is 30.3 Å². The number of rotatable bonds is 3. The van der Waals surface area contributed by atoms with Crippen LogP contribution in [0, 0.1) is 6.92 Å². The highest BCUT2D eigenvalue weighted by Crippen LogP contribution is 2.20. The molecule has 1 aromatic carbocycles. The maximum Gasteiger partial charge on any atom is 0.270 e. The first kappa shape index (κ1) is 11.9. The average Bonchev–Trinajstić information content (AvgIpc) is 2.74. The summed E-state index contributed by atoms with van der Waals surface area (Å²) in [7, 11) is 0. The Balaban J connectivity index is 2.46. The van der Waals surface area contributed by atoms with Crippen LogP contribution in [0.4, 0.5) is 0 Å². The molecular formula is C13H13ClN2O. The third-order valence-corrected chi connectivity index (χ3v) is 2.82. The van der Waals surface area contributed by atoms with Gasteiger partial charge in [0.1, 0.15) is 5.69 Å². The minimum absolute atomic E-state index is 0.435. The summed E-state index contributed by atoms with van der Waals surface area (Å²) < 4.78 is 1.62. The van der Waals surface area contributed by atoms with Gasteiger partial charge < -0.3 is 0 Å². The predicted molar refractivity (Wildman–Crippen MR) is 68.3 cm³/mol. The number of aryl methyl sites for hydroxylation is 2. The highest BCUT2D eigenvalue weighted by Gasteiger charge is 2.13. The van der Waals surface area contributed by atoms with E-state index in [0.717, 1.165) is 11.3 Å². The van der Waals surface area contributed by atoms with E-state index in [9.17, 15) is 4.79 Å². The van der Waals surface area contributed by atoms with Gasteiger partial charge in [-0.15, -0.1) is 0 Å². The molecule has 0 saturated heterocycles. The molecule has 0 aliphatic heterocycles. The molecule has 0 spiro atoms. The van der Waals surface area contributed by atoms with Crippen molar-refractivity contribution >= 4 is 16.8 Å². The largest absolute Gasteiger partial charge is 0.274 e. The van der Waals surface area contributed by atoms with Crippen LogP contribution in [-0.4, -0.2) is 15.0 Å². The normalized spacial score (nSPS) is 10.5. The summed E-state index contributed by atoms with van der Waals surface area (Å²) in [5.41, 5.74) is 3.39. The first-order valence-electron chi connectivity index (χ1n) is 5.46. The van der Waals surface area contributed by atoms with Crippen LogP contribution in [-0.2, 0) is 6.54 Å². The maximum absolute atomic E-state index is 11.2. The van der Waals surface area contributed by atoms with Gasteiger partial charge in [-0.05, 0) is 31.5 Å². The van der Waals surface area contributed by atoms with Gasteiger partial charge in [-0.1, -0.05) is 29.8 Å². The fourth-order valence-electron chi connectivity index (χ4n) is 1.68. The summed E-state index contributed by atoms with van der Waals surface area (Å²) in [6.45, 7) is 4.58. The molecular weight excluding hydrogens is 236 g/mol. The smallest absolute Gasteiger partial charge is 0.270 e. The standard InChI is InChI=1S/C13H13ClN2O/c1-3-16-12(13(14)17)8-11(15-16)10-6-4-9(2)5-7-10/h4-8H,3H2,1-2H3. The zero-order valence-corrected chi connectivity index (χ0v) is 10.5. The molecule has 0 atom stereocenters. The van der Waals surface area contributed by atoms with Gasteiger partial charge >= 0.3 is 0 Å². The SMILES string of the molecule is CCn1nc(-c2ccc(C)cc2)cc1C(=O)Cl. The van der Waals surface area contributed by atoms with Crippen molar-refractivity contribution in [3.63, 3.8) is 0 Å². The molecule has 0 saturated carbocycles. The summed E-state index contributed by atoms with van der Waals surface area (Å²) in [5, 5.41) is 3.89. The van der Waals surface area contributed by atoms with Gasteiger partial charge in [0.15, 0.2) is 0 Å². The predicted octanol–water partition coefficient (Wildman–Crippen LogP) is 3.26. The van der Waals surface area contributed by atoms with Gasteiger partial charge in [-0.3, -0.25) is 9.48 Å². The average molecular weight is 249 g/mol. The molecule has 2 aromatic rings. The van der Waals surface area contributed by atoms with E-state index in [1.54, 1.807) is 10.7 Å². The van der Waals surface area contributed by atoms with Gasteiger partial charge in [0.25, 0.3) is 5.24 Å². The molecule has 0 bridgehead atoms. The monoisotopic (exact) mass is 248 g/mol. The van der Waals surface area contributed by atoms with Crippen LogP contribution in [0.3, 0.4) is 0 Å². The second-order valence-electron chi connectivity index (χ2n) is 3.87. The van der Waals surface area contributed by atoms with E-state index >= 15 is 0 Å². The lowest BCUT2D eigenvalue weighted by atomic mass is 10.1. The first-order chi connectivity index (χ1) is 8.11. The Kier molecular flexibility index (Phi) is 3.29. The van der Waals surface area contributed by atoms with E-state index in [4.69, 9.17) is 11.6 Å². The minimum atomic E-state index is -0.474. The summed E-state index contributed by atoms with van der Waals surface area (Å²) >= 11 is 5.51. The zero-order chi connectivity index (χ0) is 12.4. The lowest BCUT2D eigenvalue weighted by molar-refractivity contribution is 0.107. The fourth-order valence-corrected chi connectivity index (χ4v) is 1.83. The summed E-state index contributed by atoms with van der Waals surface area (Å²) in [5.74, 6) is 0. The van der Waals surface area contributed by atoms with Crippen LogP contribution >= 0.6 is 11.6 Å². The van der Waals surface area contributed by atoms with Crippen LogP contribution in [0.2, 0.25) is 0 Å². The van der Waals surface area contributed by atoms with Gasteiger partial charge in [-0.2, -0.15) is 5.10 Å². The molecule has 88 valence electrons. The molecule has 2 rings (SSSR count). The van der Waals surface area contributed by atoms with Crippen LogP contribution in [0.25, 0.3) is 11.3 Å². The van der Waals surface area contributed by atoms with Crippen molar-refractivity contribution in [2.24, 2.45) is 0 Å². The molecule has 4 heteroatoms. The lowest BCUT2D eigenvalue weighted by Gasteiger charge is -1.98. The second-order valence-corrected chi connectivity index (χ2v) is 4.21. The number of carbonyl (C=O) groups excluding carboxylic acids is 1. The Hall–Kier alpha value is -1.61. The van der Waals surface area contributed by atoms with Crippen molar-refractivity contribution in [3.05, 3.63) is 41.6 Å². The van der Waals surface area contributed by atoms with Crippen molar-refractivity contribution in [2.45, 2.75) is 20.4 Å². The zero-order valence-electron chi connectivity index (χ0n) is 9.77. The third-order valence-electron chi connectivity index (χ3n) is 2.63. The molecule has 0 amide bonds. The Bertz CT molecular complexity index is 543. The summed E-state index contributed by atoms with van der Waals surface area (Å²) in [4.78, 5) is 11.2. The Morgan fingerprint density at radius 2 is 2.00 bits per heavy atom. The topological polar surface area (TPSA) is 34.9 Å². The van der Waals surface area contributed by atoms with Crippen molar-refractivity contribution in [1.82, 2.24) is 9.78 Å². The molecule has 1 heterocycles. The van der Waals surface area contributed by atoms with E-state index in [1.807, 2.05) is 38.1 Å². The summed E-state index contributed by atoms with van der Waals surface area (Å²) in [6.07, 6.45) is 0. The minimum Gasteiger partial charge on any atom is -0.274 e. The number of carbonyl (C=O) groups is 1. The molecule has 0 aliphatic carbocycles. The van der Waals surface area contributed by atoms with Crippen LogP contribution < -0.4 is 0 Å². The van der Waals surface area contributed by atoms with Crippen LogP contribution in [0.5, 0.6) is 0 Å². The molecule has 0 N–H and O–H groups in total. The number of nitrogens with zero attached hydrogens (tertiary/aromatic N) is 2. The Morgan fingerprint density at radius 1 is 1.35 bits per heavy atom. The van der Waals surface area contributed by atoms with E-state index < -0.39 is 5.24 Å². The van der Waals surface area contributed by atoms with Crippen molar-refractivity contribution in [2.75, 3.05) is 0 Å². The van der Waals surface area contributed by atoms with E-state index in [2.05, 4.69) is 5.10 Å². The number of benzene rings is 1. The molecule has 17 heavy (non-hydrogen) atoms. The van der Waals surface area contributed by atoms with Gasteiger partial charge in [0, 0.05) is 12.1 Å². The lowest BCUT2D eigenvalue weighted by Crippen LogP contribution is -2.04.